The van der Waals surface area contributed by atoms with Crippen molar-refractivity contribution in [2.75, 3.05) is 17.7 Å². The number of aryl methyl sites for hydroxylation is 2. The summed E-state index contributed by atoms with van der Waals surface area (Å²) in [6.07, 6.45) is 6.70. The number of nitrogens with one attached hydrogen (secondary N) is 1. The molecule has 0 spiro atoms. The minimum absolute atomic E-state index is 0.154. The summed E-state index contributed by atoms with van der Waals surface area (Å²) in [7, 11) is 1.86. The van der Waals surface area contributed by atoms with E-state index >= 15 is 0 Å². The Hall–Kier alpha value is -2.59. The molecular weight excluding hydrogens is 448 g/mol. The molecule has 1 aliphatic rings. The van der Waals surface area contributed by atoms with E-state index in [4.69, 9.17) is 9.15 Å². The first-order valence-corrected chi connectivity index (χ1v) is 12.5. The molecule has 32 heavy (non-hydrogen) atoms. The Morgan fingerprint density at radius 3 is 2.84 bits per heavy atom. The highest BCUT2D eigenvalue weighted by Gasteiger charge is 2.26. The number of nitrogens with zero attached hydrogens (tertiary/aromatic N) is 3. The fourth-order valence-corrected chi connectivity index (χ4v) is 5.84. The number of esters is 1. The van der Waals surface area contributed by atoms with Crippen LogP contribution in [0.25, 0.3) is 11.4 Å². The van der Waals surface area contributed by atoms with E-state index in [1.54, 1.807) is 13.2 Å². The Balaban J connectivity index is 1.47. The SMILES string of the molecule is CCOC(=O)c1c(NC(=O)CSc2nnc(-c3ccoc3C)n2C)sc2c1CCCCC2. The van der Waals surface area contributed by atoms with E-state index in [2.05, 4.69) is 15.5 Å². The number of hydrogen-bond donors (Lipinski definition) is 1. The van der Waals surface area contributed by atoms with Crippen LogP contribution in [0.5, 0.6) is 0 Å². The summed E-state index contributed by atoms with van der Waals surface area (Å²) in [5.74, 6) is 1.05. The van der Waals surface area contributed by atoms with Crippen LogP contribution in [0.15, 0.2) is 21.9 Å². The molecule has 8 nitrogen and oxygen atoms in total. The summed E-state index contributed by atoms with van der Waals surface area (Å²) in [6, 6.07) is 1.85. The van der Waals surface area contributed by atoms with Crippen molar-refractivity contribution in [2.24, 2.45) is 7.05 Å². The molecule has 10 heteroatoms. The van der Waals surface area contributed by atoms with Gasteiger partial charge in [-0.05, 0) is 51.2 Å². The maximum atomic E-state index is 12.8. The summed E-state index contributed by atoms with van der Waals surface area (Å²) in [4.78, 5) is 26.6. The highest BCUT2D eigenvalue weighted by molar-refractivity contribution is 7.99. The van der Waals surface area contributed by atoms with Crippen LogP contribution in [0.1, 0.15) is 52.7 Å². The number of furan rings is 1. The van der Waals surface area contributed by atoms with Gasteiger partial charge in [0, 0.05) is 11.9 Å². The van der Waals surface area contributed by atoms with Gasteiger partial charge in [0.2, 0.25) is 5.91 Å². The van der Waals surface area contributed by atoms with E-state index in [1.165, 1.54) is 28.0 Å². The Morgan fingerprint density at radius 1 is 1.28 bits per heavy atom. The van der Waals surface area contributed by atoms with E-state index in [0.717, 1.165) is 49.0 Å². The summed E-state index contributed by atoms with van der Waals surface area (Å²) in [6.45, 7) is 3.96. The highest BCUT2D eigenvalue weighted by atomic mass is 32.2. The largest absolute Gasteiger partial charge is 0.469 e. The van der Waals surface area contributed by atoms with Gasteiger partial charge in [-0.25, -0.2) is 4.79 Å². The maximum absolute atomic E-state index is 12.8. The molecule has 0 radical (unpaired) electrons. The predicted octanol–water partition coefficient (Wildman–Crippen LogP) is 4.62. The van der Waals surface area contributed by atoms with Gasteiger partial charge >= 0.3 is 5.97 Å². The number of anilines is 1. The molecule has 170 valence electrons. The monoisotopic (exact) mass is 474 g/mol. The molecule has 0 aliphatic heterocycles. The molecule has 0 fully saturated rings. The van der Waals surface area contributed by atoms with Gasteiger partial charge < -0.3 is 19.0 Å². The molecule has 0 saturated carbocycles. The van der Waals surface area contributed by atoms with Gasteiger partial charge in [-0.3, -0.25) is 4.79 Å². The fourth-order valence-electron chi connectivity index (χ4n) is 3.83. The zero-order valence-electron chi connectivity index (χ0n) is 18.4. The molecule has 1 N–H and O–H groups in total. The Morgan fingerprint density at radius 2 is 2.09 bits per heavy atom. The Kier molecular flexibility index (Phi) is 7.00. The second-order valence-electron chi connectivity index (χ2n) is 7.58. The molecule has 1 aliphatic carbocycles. The molecule has 0 atom stereocenters. The summed E-state index contributed by atoms with van der Waals surface area (Å²) < 4.78 is 12.5. The van der Waals surface area contributed by atoms with Crippen molar-refractivity contribution in [3.8, 4) is 11.4 Å². The average Bonchev–Trinajstić information content (AvgIpc) is 3.39. The van der Waals surface area contributed by atoms with E-state index in [0.29, 0.717) is 28.2 Å². The number of amides is 1. The van der Waals surface area contributed by atoms with Crippen LogP contribution >= 0.6 is 23.1 Å². The molecule has 0 aromatic carbocycles. The third kappa shape index (κ3) is 4.61. The molecule has 0 bridgehead atoms. The lowest BCUT2D eigenvalue weighted by Gasteiger charge is -2.08. The number of rotatable bonds is 7. The van der Waals surface area contributed by atoms with Crippen molar-refractivity contribution in [1.82, 2.24) is 14.8 Å². The van der Waals surface area contributed by atoms with E-state index in [-0.39, 0.29) is 17.6 Å². The quantitative estimate of drug-likeness (QED) is 0.303. The molecule has 0 unspecified atom stereocenters. The van der Waals surface area contributed by atoms with Crippen LogP contribution in [0.3, 0.4) is 0 Å². The van der Waals surface area contributed by atoms with Crippen molar-refractivity contribution in [3.63, 3.8) is 0 Å². The van der Waals surface area contributed by atoms with Gasteiger partial charge in [0.15, 0.2) is 11.0 Å². The third-order valence-electron chi connectivity index (χ3n) is 5.42. The van der Waals surface area contributed by atoms with Crippen molar-refractivity contribution in [3.05, 3.63) is 34.1 Å². The van der Waals surface area contributed by atoms with Gasteiger partial charge in [0.1, 0.15) is 10.8 Å². The average molecular weight is 475 g/mol. The lowest BCUT2D eigenvalue weighted by Crippen LogP contribution is -2.17. The van der Waals surface area contributed by atoms with Gasteiger partial charge in [-0.2, -0.15) is 0 Å². The van der Waals surface area contributed by atoms with Crippen molar-refractivity contribution < 1.29 is 18.7 Å². The molecule has 3 heterocycles. The Bertz CT molecular complexity index is 1130. The van der Waals surface area contributed by atoms with Gasteiger partial charge in [-0.15, -0.1) is 21.5 Å². The summed E-state index contributed by atoms with van der Waals surface area (Å²) in [5, 5.41) is 12.6. The lowest BCUT2D eigenvalue weighted by molar-refractivity contribution is -0.113. The predicted molar refractivity (Wildman–Crippen MR) is 124 cm³/mol. The number of ether oxygens (including phenoxy) is 1. The summed E-state index contributed by atoms with van der Waals surface area (Å²) >= 11 is 2.80. The van der Waals surface area contributed by atoms with Crippen LogP contribution in [0, 0.1) is 6.92 Å². The smallest absolute Gasteiger partial charge is 0.341 e. The molecular formula is C22H26N4O4S2. The van der Waals surface area contributed by atoms with Crippen molar-refractivity contribution in [1.29, 1.82) is 0 Å². The normalized spacial score (nSPS) is 13.5. The topological polar surface area (TPSA) is 99.2 Å². The lowest BCUT2D eigenvalue weighted by atomic mass is 10.1. The zero-order valence-corrected chi connectivity index (χ0v) is 20.0. The first-order chi connectivity index (χ1) is 15.5. The van der Waals surface area contributed by atoms with E-state index in [9.17, 15) is 9.59 Å². The first kappa shape index (κ1) is 22.6. The van der Waals surface area contributed by atoms with Crippen molar-refractivity contribution in [2.45, 2.75) is 51.1 Å². The Labute approximate surface area is 194 Å². The van der Waals surface area contributed by atoms with Crippen LogP contribution in [0.2, 0.25) is 0 Å². The molecule has 3 aromatic rings. The van der Waals surface area contributed by atoms with Gasteiger partial charge in [0.25, 0.3) is 0 Å². The van der Waals surface area contributed by atoms with Crippen LogP contribution < -0.4 is 5.32 Å². The molecule has 1 amide bonds. The second kappa shape index (κ2) is 9.91. The third-order valence-corrected chi connectivity index (χ3v) is 7.65. The van der Waals surface area contributed by atoms with Crippen molar-refractivity contribution >= 4 is 40.0 Å². The number of fused-ring (bicyclic) bond motifs is 1. The zero-order chi connectivity index (χ0) is 22.7. The number of thioether (sulfide) groups is 1. The van der Waals surface area contributed by atoms with Gasteiger partial charge in [-0.1, -0.05) is 18.2 Å². The molecule has 0 saturated heterocycles. The van der Waals surface area contributed by atoms with Crippen LogP contribution in [0.4, 0.5) is 5.00 Å². The van der Waals surface area contributed by atoms with Crippen LogP contribution in [-0.2, 0) is 29.4 Å². The summed E-state index contributed by atoms with van der Waals surface area (Å²) in [5.41, 5.74) is 2.45. The minimum Gasteiger partial charge on any atom is -0.469 e. The number of carbonyl (C=O) groups excluding carboxylic acids is 2. The minimum atomic E-state index is -0.358. The number of hydrogen-bond acceptors (Lipinski definition) is 8. The number of aromatic nitrogens is 3. The standard InChI is InChI=1S/C22H26N4O4S2/c1-4-29-21(28)18-15-8-6-5-7-9-16(15)32-20(18)23-17(27)12-31-22-25-24-19(26(22)3)14-10-11-30-13(14)2/h10-11H,4-9,12H2,1-3H3,(H,23,27). The number of carbonyl (C=O) groups is 2. The second-order valence-corrected chi connectivity index (χ2v) is 9.63. The van der Waals surface area contributed by atoms with E-state index in [1.807, 2.05) is 24.6 Å². The van der Waals surface area contributed by atoms with E-state index < -0.39 is 0 Å². The highest BCUT2D eigenvalue weighted by Crippen LogP contribution is 2.38. The fraction of sp³-hybridized carbons (Fsp3) is 0.455. The molecule has 4 rings (SSSR count). The van der Waals surface area contributed by atoms with Gasteiger partial charge in [0.05, 0.1) is 29.7 Å². The molecule has 3 aromatic heterocycles. The number of thiophene rings is 1. The first-order valence-electron chi connectivity index (χ1n) is 10.7. The van der Waals surface area contributed by atoms with Crippen LogP contribution in [-0.4, -0.2) is 39.0 Å². The maximum Gasteiger partial charge on any atom is 0.341 e.